The van der Waals surface area contributed by atoms with Crippen molar-refractivity contribution < 1.29 is 14.3 Å². The molecule has 22 heavy (non-hydrogen) atoms. The quantitative estimate of drug-likeness (QED) is 0.382. The first-order valence-corrected chi connectivity index (χ1v) is 8.65. The number of unbranched alkanes of at least 4 members (excludes halogenated alkanes) is 2. The topological polar surface area (TPSA) is 46.6 Å². The van der Waals surface area contributed by atoms with E-state index in [1.54, 1.807) is 4.90 Å². The third-order valence-corrected chi connectivity index (χ3v) is 3.88. The van der Waals surface area contributed by atoms with Gasteiger partial charge < -0.3 is 9.64 Å². The maximum atomic E-state index is 11.8. The van der Waals surface area contributed by atoms with E-state index in [1.807, 2.05) is 0 Å². The van der Waals surface area contributed by atoms with Crippen molar-refractivity contribution in [2.45, 2.75) is 65.7 Å². The highest BCUT2D eigenvalue weighted by Crippen LogP contribution is 2.13. The van der Waals surface area contributed by atoms with Crippen LogP contribution in [0.2, 0.25) is 0 Å². The number of esters is 1. The predicted molar refractivity (Wildman–Crippen MR) is 90.6 cm³/mol. The van der Waals surface area contributed by atoms with Crippen molar-refractivity contribution in [2.24, 2.45) is 5.92 Å². The van der Waals surface area contributed by atoms with Crippen LogP contribution in [0, 0.1) is 5.92 Å². The minimum Gasteiger partial charge on any atom is -0.465 e. The van der Waals surface area contributed by atoms with E-state index in [9.17, 15) is 9.59 Å². The van der Waals surface area contributed by atoms with Gasteiger partial charge in [-0.1, -0.05) is 53.0 Å². The van der Waals surface area contributed by atoms with E-state index in [0.29, 0.717) is 25.6 Å². The Morgan fingerprint density at radius 3 is 2.36 bits per heavy atom. The minimum absolute atomic E-state index is 0.115. The standard InChI is InChI=1S/C18H33NO3/c1-5-9-11-16(7-3)15-22-18(21)12-14-19(13-10-6-2)17(20)8-4/h8,16H,4-7,9-15H2,1-3H3. The molecule has 0 saturated heterocycles. The molecule has 0 aromatic rings. The molecule has 1 atom stereocenters. The first-order valence-electron chi connectivity index (χ1n) is 8.65. The van der Waals surface area contributed by atoms with Gasteiger partial charge in [0.2, 0.25) is 5.91 Å². The maximum Gasteiger partial charge on any atom is 0.307 e. The Bertz CT molecular complexity index is 328. The van der Waals surface area contributed by atoms with Crippen LogP contribution in [0.15, 0.2) is 12.7 Å². The third-order valence-electron chi connectivity index (χ3n) is 3.88. The van der Waals surface area contributed by atoms with Crippen LogP contribution in [0.5, 0.6) is 0 Å². The van der Waals surface area contributed by atoms with Gasteiger partial charge in [0, 0.05) is 13.1 Å². The molecule has 0 aliphatic carbocycles. The Labute approximate surface area is 135 Å². The van der Waals surface area contributed by atoms with Gasteiger partial charge in [-0.3, -0.25) is 9.59 Å². The summed E-state index contributed by atoms with van der Waals surface area (Å²) in [5.74, 6) is 0.124. The number of amides is 1. The molecule has 1 unspecified atom stereocenters. The number of rotatable bonds is 13. The molecule has 0 aliphatic heterocycles. The van der Waals surface area contributed by atoms with Gasteiger partial charge in [0.25, 0.3) is 0 Å². The van der Waals surface area contributed by atoms with Crippen LogP contribution in [0.4, 0.5) is 0 Å². The van der Waals surface area contributed by atoms with Crippen molar-refractivity contribution >= 4 is 11.9 Å². The molecule has 0 heterocycles. The average molecular weight is 311 g/mol. The summed E-state index contributed by atoms with van der Waals surface area (Å²) in [5, 5.41) is 0. The normalized spacial score (nSPS) is 11.8. The van der Waals surface area contributed by atoms with Gasteiger partial charge in [0.15, 0.2) is 0 Å². The highest BCUT2D eigenvalue weighted by molar-refractivity contribution is 5.87. The number of carbonyl (C=O) groups excluding carboxylic acids is 2. The summed E-state index contributed by atoms with van der Waals surface area (Å²) in [7, 11) is 0. The van der Waals surface area contributed by atoms with Gasteiger partial charge in [-0.05, 0) is 24.8 Å². The molecule has 0 aliphatic rings. The number of ether oxygens (including phenoxy) is 1. The fraction of sp³-hybridized carbons (Fsp3) is 0.778. The molecule has 128 valence electrons. The lowest BCUT2D eigenvalue weighted by atomic mass is 10.0. The van der Waals surface area contributed by atoms with Gasteiger partial charge in [-0.2, -0.15) is 0 Å². The van der Waals surface area contributed by atoms with Gasteiger partial charge in [0.1, 0.15) is 0 Å². The molecule has 0 spiro atoms. The molecule has 1 amide bonds. The molecule has 0 saturated carbocycles. The first-order chi connectivity index (χ1) is 10.6. The fourth-order valence-corrected chi connectivity index (χ4v) is 2.22. The third kappa shape index (κ3) is 9.59. The van der Waals surface area contributed by atoms with Gasteiger partial charge >= 0.3 is 5.97 Å². The summed E-state index contributed by atoms with van der Waals surface area (Å²) >= 11 is 0. The molecule has 0 rings (SSSR count). The van der Waals surface area contributed by atoms with Crippen LogP contribution in [-0.4, -0.2) is 36.5 Å². The highest BCUT2D eigenvalue weighted by atomic mass is 16.5. The molecule has 0 radical (unpaired) electrons. The SMILES string of the molecule is C=CC(=O)N(CCCC)CCC(=O)OCC(CC)CCCC. The smallest absolute Gasteiger partial charge is 0.307 e. The molecule has 0 aromatic carbocycles. The van der Waals surface area contributed by atoms with Gasteiger partial charge in [0.05, 0.1) is 13.0 Å². The largest absolute Gasteiger partial charge is 0.465 e. The van der Waals surface area contributed by atoms with E-state index in [2.05, 4.69) is 27.4 Å². The molecule has 0 bridgehead atoms. The Kier molecular flexibility index (Phi) is 12.5. The lowest BCUT2D eigenvalue weighted by molar-refractivity contribution is -0.145. The molecular formula is C18H33NO3. The van der Waals surface area contributed by atoms with E-state index in [-0.39, 0.29) is 18.3 Å². The van der Waals surface area contributed by atoms with E-state index >= 15 is 0 Å². The average Bonchev–Trinajstić information content (AvgIpc) is 2.54. The zero-order valence-electron chi connectivity index (χ0n) is 14.6. The Balaban J connectivity index is 4.11. The van der Waals surface area contributed by atoms with Crippen molar-refractivity contribution in [2.75, 3.05) is 19.7 Å². The molecule has 4 nitrogen and oxygen atoms in total. The highest BCUT2D eigenvalue weighted by Gasteiger charge is 2.14. The monoisotopic (exact) mass is 311 g/mol. The van der Waals surface area contributed by atoms with Crippen molar-refractivity contribution in [1.29, 1.82) is 0 Å². The maximum absolute atomic E-state index is 11.8. The van der Waals surface area contributed by atoms with Crippen LogP contribution in [0.3, 0.4) is 0 Å². The zero-order chi connectivity index (χ0) is 16.8. The Hall–Kier alpha value is -1.32. The lowest BCUT2D eigenvalue weighted by Crippen LogP contribution is -2.33. The number of hydrogen-bond acceptors (Lipinski definition) is 3. The van der Waals surface area contributed by atoms with E-state index in [4.69, 9.17) is 4.74 Å². The summed E-state index contributed by atoms with van der Waals surface area (Å²) in [4.78, 5) is 25.2. The summed E-state index contributed by atoms with van der Waals surface area (Å²) < 4.78 is 5.36. The van der Waals surface area contributed by atoms with Crippen LogP contribution < -0.4 is 0 Å². The van der Waals surface area contributed by atoms with E-state index < -0.39 is 0 Å². The molecule has 0 N–H and O–H groups in total. The molecular weight excluding hydrogens is 278 g/mol. The van der Waals surface area contributed by atoms with Crippen LogP contribution >= 0.6 is 0 Å². The summed E-state index contributed by atoms with van der Waals surface area (Å²) in [6, 6.07) is 0. The molecule has 0 aromatic heterocycles. The summed E-state index contributed by atoms with van der Waals surface area (Å²) in [5.41, 5.74) is 0. The van der Waals surface area contributed by atoms with Crippen LogP contribution in [0.1, 0.15) is 65.7 Å². The predicted octanol–water partition coefficient (Wildman–Crippen LogP) is 3.95. The second-order valence-electron chi connectivity index (χ2n) is 5.73. The summed E-state index contributed by atoms with van der Waals surface area (Å²) in [6.07, 6.45) is 7.99. The Morgan fingerprint density at radius 2 is 1.82 bits per heavy atom. The molecule has 4 heteroatoms. The van der Waals surface area contributed by atoms with E-state index in [0.717, 1.165) is 25.7 Å². The van der Waals surface area contributed by atoms with Crippen LogP contribution in [-0.2, 0) is 14.3 Å². The Morgan fingerprint density at radius 1 is 1.14 bits per heavy atom. The van der Waals surface area contributed by atoms with Crippen molar-refractivity contribution in [3.05, 3.63) is 12.7 Å². The van der Waals surface area contributed by atoms with Gasteiger partial charge in [-0.25, -0.2) is 0 Å². The van der Waals surface area contributed by atoms with Gasteiger partial charge in [-0.15, -0.1) is 0 Å². The van der Waals surface area contributed by atoms with Crippen molar-refractivity contribution in [1.82, 2.24) is 4.90 Å². The number of hydrogen-bond donors (Lipinski definition) is 0. The van der Waals surface area contributed by atoms with E-state index in [1.165, 1.54) is 18.9 Å². The lowest BCUT2D eigenvalue weighted by Gasteiger charge is -2.21. The summed E-state index contributed by atoms with van der Waals surface area (Å²) in [6.45, 7) is 11.5. The fourth-order valence-electron chi connectivity index (χ4n) is 2.22. The second kappa shape index (κ2) is 13.4. The first kappa shape index (κ1) is 20.7. The van der Waals surface area contributed by atoms with Crippen molar-refractivity contribution in [3.63, 3.8) is 0 Å². The minimum atomic E-state index is -0.215. The number of carbonyl (C=O) groups is 2. The number of nitrogens with zero attached hydrogens (tertiary/aromatic N) is 1. The second-order valence-corrected chi connectivity index (χ2v) is 5.73. The molecule has 0 fully saturated rings. The van der Waals surface area contributed by atoms with Crippen LogP contribution in [0.25, 0.3) is 0 Å². The van der Waals surface area contributed by atoms with Crippen molar-refractivity contribution in [3.8, 4) is 0 Å². The zero-order valence-corrected chi connectivity index (χ0v) is 14.6.